The van der Waals surface area contributed by atoms with E-state index in [2.05, 4.69) is 16.4 Å². The molecule has 0 atom stereocenters. The van der Waals surface area contributed by atoms with Gasteiger partial charge in [-0.3, -0.25) is 4.79 Å². The van der Waals surface area contributed by atoms with Crippen LogP contribution in [0.5, 0.6) is 0 Å². The number of nitriles is 1. The van der Waals surface area contributed by atoms with Crippen LogP contribution >= 0.6 is 0 Å². The van der Waals surface area contributed by atoms with Gasteiger partial charge in [0.2, 0.25) is 5.95 Å². The Morgan fingerprint density at radius 2 is 1.90 bits per heavy atom. The van der Waals surface area contributed by atoms with Gasteiger partial charge >= 0.3 is 0 Å². The number of hydrogen-bond acceptors (Lipinski definition) is 3. The van der Waals surface area contributed by atoms with E-state index in [1.807, 2.05) is 0 Å². The van der Waals surface area contributed by atoms with Gasteiger partial charge < -0.3 is 5.32 Å². The van der Waals surface area contributed by atoms with Gasteiger partial charge in [0.1, 0.15) is 5.54 Å². The highest BCUT2D eigenvalue weighted by molar-refractivity contribution is 5.94. The summed E-state index contributed by atoms with van der Waals surface area (Å²) in [6, 6.07) is 4.80. The van der Waals surface area contributed by atoms with E-state index in [-0.39, 0.29) is 11.5 Å². The molecule has 106 valence electrons. The van der Waals surface area contributed by atoms with Crippen molar-refractivity contribution in [2.24, 2.45) is 0 Å². The quantitative estimate of drug-likeness (QED) is 0.844. The lowest BCUT2D eigenvalue weighted by molar-refractivity contribution is 0.0907. The summed E-state index contributed by atoms with van der Waals surface area (Å²) in [6.45, 7) is 0. The summed E-state index contributed by atoms with van der Waals surface area (Å²) in [5.41, 5.74) is -0.519. The van der Waals surface area contributed by atoms with Crippen LogP contribution < -0.4 is 5.32 Å². The molecule has 1 aliphatic carbocycles. The predicted molar refractivity (Wildman–Crippen MR) is 72.3 cm³/mol. The molecule has 1 aromatic heterocycles. The fourth-order valence-corrected chi connectivity index (χ4v) is 2.57. The summed E-state index contributed by atoms with van der Waals surface area (Å²) >= 11 is 0. The van der Waals surface area contributed by atoms with E-state index in [1.165, 1.54) is 18.7 Å². The molecule has 5 heteroatoms. The third-order valence-corrected chi connectivity index (χ3v) is 3.76. The minimum absolute atomic E-state index is 0.281. The molecule has 4 nitrogen and oxygen atoms in total. The Kier molecular flexibility index (Phi) is 4.67. The van der Waals surface area contributed by atoms with Crippen molar-refractivity contribution in [3.8, 4) is 6.07 Å². The van der Waals surface area contributed by atoms with Crippen molar-refractivity contribution in [3.63, 3.8) is 0 Å². The molecule has 1 aliphatic rings. The molecule has 1 amide bonds. The van der Waals surface area contributed by atoms with Crippen molar-refractivity contribution >= 4 is 5.91 Å². The highest BCUT2D eigenvalue weighted by Gasteiger charge is 2.32. The second kappa shape index (κ2) is 6.47. The zero-order valence-electron chi connectivity index (χ0n) is 11.4. The smallest absolute Gasteiger partial charge is 0.254 e. The van der Waals surface area contributed by atoms with E-state index < -0.39 is 11.5 Å². The second-order valence-electron chi connectivity index (χ2n) is 5.29. The number of hydrogen-bond donors (Lipinski definition) is 1. The van der Waals surface area contributed by atoms with Gasteiger partial charge in [0.15, 0.2) is 0 Å². The number of nitrogens with one attached hydrogen (secondary N) is 1. The molecule has 0 aromatic carbocycles. The molecule has 1 aromatic rings. The zero-order valence-corrected chi connectivity index (χ0v) is 11.4. The standard InChI is InChI=1S/C15H18FN3O/c16-13-7-6-12(10-18-13)14(20)19-15(11-17)8-4-2-1-3-5-9-15/h6-7,10H,1-5,8-9H2,(H,19,20). The van der Waals surface area contributed by atoms with E-state index in [1.54, 1.807) is 0 Å². The average Bonchev–Trinajstić information content (AvgIpc) is 2.43. The molecule has 0 bridgehead atoms. The van der Waals surface area contributed by atoms with Crippen molar-refractivity contribution in [1.29, 1.82) is 5.26 Å². The van der Waals surface area contributed by atoms with Gasteiger partial charge in [-0.05, 0) is 25.0 Å². The van der Waals surface area contributed by atoms with Gasteiger partial charge in [0.25, 0.3) is 5.91 Å². The number of carbonyl (C=O) groups is 1. The molecular weight excluding hydrogens is 257 g/mol. The van der Waals surface area contributed by atoms with Crippen molar-refractivity contribution in [2.75, 3.05) is 0 Å². The Balaban J connectivity index is 2.10. The van der Waals surface area contributed by atoms with Crippen LogP contribution in [0, 0.1) is 17.3 Å². The molecular formula is C15H18FN3O. The lowest BCUT2D eigenvalue weighted by atomic mass is 9.85. The monoisotopic (exact) mass is 275 g/mol. The summed E-state index contributed by atoms with van der Waals surface area (Å²) in [7, 11) is 0. The van der Waals surface area contributed by atoms with E-state index in [0.29, 0.717) is 12.8 Å². The number of aromatic nitrogens is 1. The normalized spacial score (nSPS) is 18.4. The first-order chi connectivity index (χ1) is 9.65. The van der Waals surface area contributed by atoms with Crippen molar-refractivity contribution in [3.05, 3.63) is 29.8 Å². The molecule has 2 rings (SSSR count). The molecule has 0 spiro atoms. The summed E-state index contributed by atoms with van der Waals surface area (Å²) < 4.78 is 12.8. The zero-order chi connectivity index (χ0) is 14.4. The Bertz CT molecular complexity index is 499. The van der Waals surface area contributed by atoms with Crippen LogP contribution in [0.1, 0.15) is 55.3 Å². The molecule has 0 saturated heterocycles. The van der Waals surface area contributed by atoms with Crippen molar-refractivity contribution in [2.45, 2.75) is 50.5 Å². The minimum atomic E-state index is -0.800. The molecule has 0 radical (unpaired) electrons. The summed E-state index contributed by atoms with van der Waals surface area (Å²) in [5.74, 6) is -0.984. The predicted octanol–water partition coefficient (Wildman–Crippen LogP) is 2.96. The molecule has 1 heterocycles. The highest BCUT2D eigenvalue weighted by Crippen LogP contribution is 2.26. The van der Waals surface area contributed by atoms with Crippen LogP contribution in [-0.4, -0.2) is 16.4 Å². The van der Waals surface area contributed by atoms with Crippen LogP contribution in [0.2, 0.25) is 0 Å². The van der Waals surface area contributed by atoms with Gasteiger partial charge in [-0.15, -0.1) is 0 Å². The topological polar surface area (TPSA) is 65.8 Å². The number of halogens is 1. The van der Waals surface area contributed by atoms with E-state index in [4.69, 9.17) is 0 Å². The van der Waals surface area contributed by atoms with Gasteiger partial charge in [0, 0.05) is 6.20 Å². The van der Waals surface area contributed by atoms with Crippen LogP contribution in [-0.2, 0) is 0 Å². The van der Waals surface area contributed by atoms with Crippen LogP contribution in [0.4, 0.5) is 4.39 Å². The maximum absolute atomic E-state index is 12.8. The molecule has 1 N–H and O–H groups in total. The third-order valence-electron chi connectivity index (χ3n) is 3.76. The van der Waals surface area contributed by atoms with E-state index >= 15 is 0 Å². The average molecular weight is 275 g/mol. The number of carbonyl (C=O) groups excluding carboxylic acids is 1. The van der Waals surface area contributed by atoms with Crippen LogP contribution in [0.3, 0.4) is 0 Å². The van der Waals surface area contributed by atoms with Gasteiger partial charge in [0.05, 0.1) is 11.6 Å². The maximum Gasteiger partial charge on any atom is 0.254 e. The Morgan fingerprint density at radius 3 is 2.45 bits per heavy atom. The minimum Gasteiger partial charge on any atom is -0.334 e. The Hall–Kier alpha value is -1.96. The molecule has 0 unspecified atom stereocenters. The van der Waals surface area contributed by atoms with Crippen LogP contribution in [0.15, 0.2) is 18.3 Å². The summed E-state index contributed by atoms with van der Waals surface area (Å²) in [5, 5.41) is 12.3. The Morgan fingerprint density at radius 1 is 1.25 bits per heavy atom. The maximum atomic E-state index is 12.8. The van der Waals surface area contributed by atoms with Gasteiger partial charge in [-0.2, -0.15) is 9.65 Å². The fourth-order valence-electron chi connectivity index (χ4n) is 2.57. The largest absolute Gasteiger partial charge is 0.334 e. The Labute approximate surface area is 118 Å². The molecule has 0 aliphatic heterocycles. The van der Waals surface area contributed by atoms with Crippen LogP contribution in [0.25, 0.3) is 0 Å². The third kappa shape index (κ3) is 3.53. The summed E-state index contributed by atoms with van der Waals surface area (Å²) in [6.07, 6.45) is 7.80. The molecule has 1 saturated carbocycles. The lowest BCUT2D eigenvalue weighted by Gasteiger charge is -2.29. The van der Waals surface area contributed by atoms with Gasteiger partial charge in [-0.1, -0.05) is 32.1 Å². The van der Waals surface area contributed by atoms with Crippen molar-refractivity contribution < 1.29 is 9.18 Å². The van der Waals surface area contributed by atoms with Crippen molar-refractivity contribution in [1.82, 2.24) is 10.3 Å². The van der Waals surface area contributed by atoms with E-state index in [0.717, 1.165) is 31.7 Å². The highest BCUT2D eigenvalue weighted by atomic mass is 19.1. The second-order valence-corrected chi connectivity index (χ2v) is 5.29. The number of pyridine rings is 1. The fraction of sp³-hybridized carbons (Fsp3) is 0.533. The van der Waals surface area contributed by atoms with Gasteiger partial charge in [-0.25, -0.2) is 4.98 Å². The first-order valence-corrected chi connectivity index (χ1v) is 7.00. The lowest BCUT2D eigenvalue weighted by Crippen LogP contribution is -2.47. The SMILES string of the molecule is N#CC1(NC(=O)c2ccc(F)nc2)CCCCCCC1. The van der Waals surface area contributed by atoms with E-state index in [9.17, 15) is 14.4 Å². The molecule has 1 fully saturated rings. The number of nitrogens with zero attached hydrogens (tertiary/aromatic N) is 2. The molecule has 20 heavy (non-hydrogen) atoms. The number of amides is 1. The first-order valence-electron chi connectivity index (χ1n) is 7.00. The summed E-state index contributed by atoms with van der Waals surface area (Å²) in [4.78, 5) is 15.6. The number of rotatable bonds is 2. The first kappa shape index (κ1) is 14.4.